The summed E-state index contributed by atoms with van der Waals surface area (Å²) < 4.78 is 7.15. The molecule has 0 N–H and O–H groups in total. The van der Waals surface area contributed by atoms with Gasteiger partial charge in [0.25, 0.3) is 0 Å². The molecule has 1 unspecified atom stereocenters. The van der Waals surface area contributed by atoms with E-state index in [1.807, 2.05) is 23.1 Å². The molecule has 0 bridgehead atoms. The zero-order chi connectivity index (χ0) is 11.8. The van der Waals surface area contributed by atoms with E-state index in [0.29, 0.717) is 6.10 Å². The minimum absolute atomic E-state index is 0.368. The first-order valence-corrected chi connectivity index (χ1v) is 10.3. The van der Waals surface area contributed by atoms with Crippen LogP contribution in [0.5, 0.6) is 0 Å². The lowest BCUT2D eigenvalue weighted by Gasteiger charge is -2.21. The van der Waals surface area contributed by atoms with Gasteiger partial charge in [0.1, 0.15) is 4.34 Å². The van der Waals surface area contributed by atoms with E-state index in [-0.39, 0.29) is 0 Å². The van der Waals surface area contributed by atoms with Gasteiger partial charge in [-0.1, -0.05) is 0 Å². The van der Waals surface area contributed by atoms with Crippen molar-refractivity contribution in [1.82, 2.24) is 4.98 Å². The van der Waals surface area contributed by atoms with Crippen LogP contribution in [0.3, 0.4) is 0 Å². The van der Waals surface area contributed by atoms with E-state index >= 15 is 0 Å². The third kappa shape index (κ3) is 2.75. The lowest BCUT2D eigenvalue weighted by molar-refractivity contribution is 0.0453. The Labute approximate surface area is 108 Å². The van der Waals surface area contributed by atoms with Crippen LogP contribution >= 0.6 is 33.1 Å². The minimum atomic E-state index is -0.680. The van der Waals surface area contributed by atoms with Crippen molar-refractivity contribution in [3.8, 4) is 0 Å². The second kappa shape index (κ2) is 4.88. The Morgan fingerprint density at radius 1 is 1.50 bits per heavy atom. The molecule has 0 aromatic carbocycles. The Kier molecular flexibility index (Phi) is 3.89. The maximum absolute atomic E-state index is 5.83. The van der Waals surface area contributed by atoms with Crippen LogP contribution in [0, 0.1) is 0 Å². The first kappa shape index (κ1) is 12.7. The highest BCUT2D eigenvalue weighted by Gasteiger charge is 2.25. The third-order valence-corrected chi connectivity index (χ3v) is 6.97. The van der Waals surface area contributed by atoms with E-state index < -0.39 is 10.0 Å². The van der Waals surface area contributed by atoms with Crippen molar-refractivity contribution < 1.29 is 4.74 Å². The Morgan fingerprint density at radius 3 is 2.88 bits per heavy atom. The lowest BCUT2D eigenvalue weighted by atomic mass is 10.1. The van der Waals surface area contributed by atoms with Crippen molar-refractivity contribution in [2.45, 2.75) is 23.5 Å². The number of thiazole rings is 1. The number of fused-ring (bicyclic) bond motifs is 1. The van der Waals surface area contributed by atoms with Crippen LogP contribution in [0.1, 0.15) is 10.6 Å². The molecule has 0 radical (unpaired) electrons. The fourth-order valence-electron chi connectivity index (χ4n) is 1.65. The van der Waals surface area contributed by atoms with E-state index in [9.17, 15) is 0 Å². The molecule has 92 valence electrons. The van der Waals surface area contributed by atoms with Crippen LogP contribution in [0.4, 0.5) is 0 Å². The Hall–Kier alpha value is 0.290. The number of hydrogen-bond donors (Lipinski definition) is 0. The van der Waals surface area contributed by atoms with E-state index in [0.717, 1.165) is 18.8 Å². The topological polar surface area (TPSA) is 22.1 Å². The zero-order valence-corrected chi connectivity index (χ0v) is 12.7. The minimum Gasteiger partial charge on any atom is -0.371 e. The molecule has 0 saturated heterocycles. The van der Waals surface area contributed by atoms with Crippen molar-refractivity contribution in [1.29, 1.82) is 0 Å². The summed E-state index contributed by atoms with van der Waals surface area (Å²) in [6.45, 7) is 0.772. The second-order valence-corrected chi connectivity index (χ2v) is 11.1. The largest absolute Gasteiger partial charge is 0.371 e. The van der Waals surface area contributed by atoms with Crippen molar-refractivity contribution in [3.63, 3.8) is 0 Å². The van der Waals surface area contributed by atoms with Gasteiger partial charge in [-0.25, -0.2) is 4.98 Å². The molecule has 2 nitrogen and oxygen atoms in total. The summed E-state index contributed by atoms with van der Waals surface area (Å²) in [5.41, 5.74) is 1.30. The van der Waals surface area contributed by atoms with Gasteiger partial charge in [0.05, 0.1) is 23.3 Å². The van der Waals surface area contributed by atoms with E-state index in [2.05, 4.69) is 25.0 Å². The summed E-state index contributed by atoms with van der Waals surface area (Å²) in [7, 11) is -0.680. The van der Waals surface area contributed by atoms with Gasteiger partial charge in [-0.2, -0.15) is 21.8 Å². The highest BCUT2D eigenvalue weighted by Crippen LogP contribution is 2.48. The smallest absolute Gasteiger partial charge is 0.132 e. The SMILES string of the molecule is CSCC1Cc2nc(S(C)(C)C)sc2CO1. The fourth-order valence-corrected chi connectivity index (χ4v) is 4.67. The van der Waals surface area contributed by atoms with Crippen molar-refractivity contribution in [3.05, 3.63) is 10.6 Å². The number of thioether (sulfide) groups is 1. The van der Waals surface area contributed by atoms with Crippen LogP contribution in [-0.4, -0.2) is 41.9 Å². The molecule has 0 saturated carbocycles. The normalized spacial score (nSPS) is 21.9. The monoisotopic (exact) mass is 277 g/mol. The molecule has 1 aromatic heterocycles. The summed E-state index contributed by atoms with van der Waals surface area (Å²) in [6.07, 6.45) is 10.4. The van der Waals surface area contributed by atoms with E-state index in [1.54, 1.807) is 0 Å². The van der Waals surface area contributed by atoms with Crippen LogP contribution in [0.25, 0.3) is 0 Å². The fraction of sp³-hybridized carbons (Fsp3) is 0.727. The van der Waals surface area contributed by atoms with Crippen LogP contribution in [0.2, 0.25) is 0 Å². The molecule has 0 aliphatic carbocycles. The summed E-state index contributed by atoms with van der Waals surface area (Å²) in [5.74, 6) is 1.08. The Balaban J connectivity index is 2.17. The molecule has 0 amide bonds. The predicted molar refractivity (Wildman–Crippen MR) is 76.4 cm³/mol. The van der Waals surface area contributed by atoms with Crippen molar-refractivity contribution in [2.24, 2.45) is 0 Å². The molecule has 16 heavy (non-hydrogen) atoms. The highest BCUT2D eigenvalue weighted by molar-refractivity contribution is 8.33. The first-order valence-electron chi connectivity index (χ1n) is 5.28. The number of hydrogen-bond acceptors (Lipinski definition) is 4. The maximum atomic E-state index is 5.83. The number of nitrogens with zero attached hydrogens (tertiary/aromatic N) is 1. The van der Waals surface area contributed by atoms with Gasteiger partial charge in [-0.15, -0.1) is 11.3 Å². The van der Waals surface area contributed by atoms with Gasteiger partial charge >= 0.3 is 0 Å². The summed E-state index contributed by atoms with van der Waals surface area (Å²) in [6, 6.07) is 0. The molecule has 1 aliphatic heterocycles. The van der Waals surface area contributed by atoms with Crippen LogP contribution in [-0.2, 0) is 17.8 Å². The summed E-state index contributed by atoms with van der Waals surface area (Å²) >= 11 is 3.71. The average molecular weight is 277 g/mol. The second-order valence-electron chi connectivity index (χ2n) is 4.78. The first-order chi connectivity index (χ1) is 7.50. The van der Waals surface area contributed by atoms with Gasteiger partial charge in [0, 0.05) is 12.2 Å². The third-order valence-electron chi connectivity index (χ3n) is 2.51. The Morgan fingerprint density at radius 2 is 2.25 bits per heavy atom. The van der Waals surface area contributed by atoms with Crippen LogP contribution < -0.4 is 0 Å². The molecule has 2 rings (SSSR count). The predicted octanol–water partition coefficient (Wildman–Crippen LogP) is 3.00. The van der Waals surface area contributed by atoms with Gasteiger partial charge in [-0.3, -0.25) is 0 Å². The molecule has 1 atom stereocenters. The lowest BCUT2D eigenvalue weighted by Crippen LogP contribution is -2.23. The van der Waals surface area contributed by atoms with Crippen molar-refractivity contribution in [2.75, 3.05) is 30.8 Å². The number of rotatable bonds is 3. The maximum Gasteiger partial charge on any atom is 0.132 e. The number of ether oxygens (including phenoxy) is 1. The zero-order valence-electron chi connectivity index (χ0n) is 10.3. The summed E-state index contributed by atoms with van der Waals surface area (Å²) in [5, 5.41) is 0. The molecule has 0 fully saturated rings. The number of aromatic nitrogens is 1. The Bertz CT molecular complexity index is 370. The molecule has 5 heteroatoms. The van der Waals surface area contributed by atoms with E-state index in [1.165, 1.54) is 14.9 Å². The molecule has 1 aromatic rings. The quantitative estimate of drug-likeness (QED) is 0.848. The van der Waals surface area contributed by atoms with Gasteiger partial charge in [0.15, 0.2) is 0 Å². The van der Waals surface area contributed by atoms with Crippen LogP contribution in [0.15, 0.2) is 4.34 Å². The molecule has 2 heterocycles. The molecule has 0 spiro atoms. The van der Waals surface area contributed by atoms with Gasteiger partial charge < -0.3 is 4.74 Å². The molecular weight excluding hydrogens is 258 g/mol. The standard InChI is InChI=1S/C11H19NOS3/c1-14-7-8-5-9-10(6-13-8)15-11(12-9)16(2,3)4/h8H,5-7H2,1-4H3. The van der Waals surface area contributed by atoms with Gasteiger partial charge in [-0.05, 0) is 25.0 Å². The van der Waals surface area contributed by atoms with Gasteiger partial charge in [0.2, 0.25) is 0 Å². The summed E-state index contributed by atoms with van der Waals surface area (Å²) in [4.78, 5) is 6.18. The highest BCUT2D eigenvalue weighted by atomic mass is 32.3. The molecule has 1 aliphatic rings. The van der Waals surface area contributed by atoms with Crippen molar-refractivity contribution >= 4 is 33.1 Å². The van der Waals surface area contributed by atoms with E-state index in [4.69, 9.17) is 9.72 Å². The average Bonchev–Trinajstić information content (AvgIpc) is 2.60. The molecular formula is C11H19NOS3.